The highest BCUT2D eigenvalue weighted by atomic mass is 32.1. The van der Waals surface area contributed by atoms with Crippen LogP contribution in [0, 0.1) is 11.3 Å². The highest BCUT2D eigenvalue weighted by molar-refractivity contribution is 7.26. The van der Waals surface area contributed by atoms with Gasteiger partial charge in [-0.3, -0.25) is 0 Å². The maximum Gasteiger partial charge on any atom is 0.256 e. The SMILES string of the molecule is N#Cc1ccc(N(c2ccccc2)c2ccc3c(c2)N(c2c(-c4ccccc4)cccc2-c2ccccc2)c2cc(-c4ccc5c(c4)sc4ccc6oc7ccccc7c6c45)cc4c2B3c2ccc(-c3cccc5c3oc3ccc6sc7ccccc7c6c35)cc2O4)cc1. The first-order valence-electron chi connectivity index (χ1n) is 31.6. The van der Waals surface area contributed by atoms with Gasteiger partial charge in [-0.25, -0.2) is 0 Å². The summed E-state index contributed by atoms with van der Waals surface area (Å²) < 4.78 is 26.0. The van der Waals surface area contributed by atoms with E-state index in [0.717, 1.165) is 150 Å². The van der Waals surface area contributed by atoms with E-state index in [1.165, 1.54) is 40.3 Å². The summed E-state index contributed by atoms with van der Waals surface area (Å²) in [6.07, 6.45) is 0. The maximum atomic E-state index is 10.0. The molecule has 20 rings (SSSR count). The van der Waals surface area contributed by atoms with Crippen LogP contribution in [0.15, 0.2) is 300 Å². The van der Waals surface area contributed by atoms with E-state index < -0.39 is 0 Å². The van der Waals surface area contributed by atoms with Gasteiger partial charge in [-0.1, -0.05) is 182 Å². The van der Waals surface area contributed by atoms with Crippen molar-refractivity contribution >= 4 is 164 Å². The van der Waals surface area contributed by atoms with Crippen molar-refractivity contribution in [2.24, 2.45) is 0 Å². The highest BCUT2D eigenvalue weighted by Gasteiger charge is 2.44. The molecule has 0 atom stereocenters. The van der Waals surface area contributed by atoms with E-state index in [2.05, 4.69) is 277 Å². The van der Waals surface area contributed by atoms with Crippen LogP contribution >= 0.6 is 22.7 Å². The molecule has 436 valence electrons. The van der Waals surface area contributed by atoms with Crippen LogP contribution in [0.2, 0.25) is 0 Å². The number of ether oxygens (including phenoxy) is 1. The van der Waals surface area contributed by atoms with Gasteiger partial charge in [0.25, 0.3) is 6.71 Å². The van der Waals surface area contributed by atoms with Crippen LogP contribution in [0.5, 0.6) is 11.5 Å². The standard InChI is InChI=1S/C85H48BN3O3S2/c87-49-50-30-34-57(35-31-50)88(56-20-8-3-9-21-56)58-36-39-66-68(48-58)89(84-59(51-16-4-1-5-17-51)24-14-25-60(84)52-18-6-2-7-19-52)69-44-55(53-32-37-64-78(47-53)94-77-42-40-71-79(82(64)77)62-22-10-12-28-70(62)90-71)46-74-83(69)86(66)67-38-33-54(45-73(67)91-74)61-26-15-27-65-80-72(92-85(61)65)41-43-76-81(80)63-23-11-13-29-75(63)93-76/h1-48H. The molecule has 0 aliphatic carbocycles. The molecule has 0 fully saturated rings. The monoisotopic (exact) mass is 1230 g/mol. The van der Waals surface area contributed by atoms with E-state index in [9.17, 15) is 5.26 Å². The maximum absolute atomic E-state index is 10.0. The lowest BCUT2D eigenvalue weighted by Gasteiger charge is -2.42. The van der Waals surface area contributed by atoms with Crippen molar-refractivity contribution < 1.29 is 13.6 Å². The number of thiophene rings is 2. The van der Waals surface area contributed by atoms with Crippen molar-refractivity contribution in [3.8, 4) is 62.1 Å². The van der Waals surface area contributed by atoms with Gasteiger partial charge in [0.1, 0.15) is 33.8 Å². The molecule has 0 N–H and O–H groups in total. The Labute approximate surface area is 547 Å². The third kappa shape index (κ3) is 7.94. The lowest BCUT2D eigenvalue weighted by Crippen LogP contribution is -2.59. The molecule has 0 saturated carbocycles. The number of nitriles is 1. The van der Waals surface area contributed by atoms with E-state index in [1.54, 1.807) is 0 Å². The summed E-state index contributed by atoms with van der Waals surface area (Å²) in [4.78, 5) is 4.84. The van der Waals surface area contributed by atoms with Crippen molar-refractivity contribution in [2.75, 3.05) is 9.80 Å². The largest absolute Gasteiger partial charge is 0.458 e. The fourth-order valence-corrected chi connectivity index (χ4v) is 17.5. The number of fused-ring (bicyclic) bond motifs is 18. The summed E-state index contributed by atoms with van der Waals surface area (Å²) in [5.41, 5.74) is 21.8. The first-order chi connectivity index (χ1) is 46.5. The van der Waals surface area contributed by atoms with Gasteiger partial charge in [0.05, 0.1) is 17.3 Å². The Morgan fingerprint density at radius 2 is 0.957 bits per heavy atom. The lowest BCUT2D eigenvalue weighted by atomic mass is 9.34. The van der Waals surface area contributed by atoms with Crippen molar-refractivity contribution in [1.29, 1.82) is 5.26 Å². The molecule has 0 saturated heterocycles. The number of rotatable bonds is 8. The molecular formula is C85H48BN3O3S2. The van der Waals surface area contributed by atoms with Crippen molar-refractivity contribution in [2.45, 2.75) is 0 Å². The molecule has 0 bridgehead atoms. The molecule has 4 aromatic heterocycles. The van der Waals surface area contributed by atoms with Gasteiger partial charge < -0.3 is 23.4 Å². The number of hydrogen-bond donors (Lipinski definition) is 0. The van der Waals surface area contributed by atoms with E-state index >= 15 is 0 Å². The summed E-state index contributed by atoms with van der Waals surface area (Å²) >= 11 is 3.65. The Morgan fingerprint density at radius 3 is 1.72 bits per heavy atom. The van der Waals surface area contributed by atoms with Gasteiger partial charge in [0, 0.05) is 107 Å². The Bertz CT molecular complexity index is 6190. The number of furan rings is 2. The van der Waals surface area contributed by atoms with Crippen LogP contribution in [-0.4, -0.2) is 6.71 Å². The summed E-state index contributed by atoms with van der Waals surface area (Å²) in [5.74, 6) is 1.58. The summed E-state index contributed by atoms with van der Waals surface area (Å²) in [5, 5.41) is 19.4. The molecule has 0 radical (unpaired) electrons. The number of hydrogen-bond acceptors (Lipinski definition) is 8. The van der Waals surface area contributed by atoms with Crippen LogP contribution in [0.1, 0.15) is 5.56 Å². The second kappa shape index (κ2) is 20.5. The zero-order valence-corrected chi connectivity index (χ0v) is 51.8. The average molecular weight is 1230 g/mol. The Hall–Kier alpha value is -11.9. The normalized spacial score (nSPS) is 12.5. The second-order valence-electron chi connectivity index (χ2n) is 24.5. The first kappa shape index (κ1) is 52.8. The molecule has 0 unspecified atom stereocenters. The molecule has 2 aliphatic rings. The van der Waals surface area contributed by atoms with E-state index in [-0.39, 0.29) is 6.71 Å². The second-order valence-corrected chi connectivity index (χ2v) is 26.6. The lowest BCUT2D eigenvalue weighted by molar-refractivity contribution is 0.488. The summed E-state index contributed by atoms with van der Waals surface area (Å²) in [7, 11) is 0. The minimum absolute atomic E-state index is 0.263. The van der Waals surface area contributed by atoms with E-state index in [4.69, 9.17) is 13.6 Å². The first-order valence-corrected chi connectivity index (χ1v) is 33.2. The zero-order valence-electron chi connectivity index (χ0n) is 50.2. The minimum atomic E-state index is -0.263. The van der Waals surface area contributed by atoms with Crippen LogP contribution in [0.4, 0.5) is 34.1 Å². The van der Waals surface area contributed by atoms with Crippen LogP contribution in [-0.2, 0) is 0 Å². The van der Waals surface area contributed by atoms with Crippen molar-refractivity contribution in [3.05, 3.63) is 297 Å². The number of nitrogens with zero attached hydrogens (tertiary/aromatic N) is 3. The van der Waals surface area contributed by atoms with Gasteiger partial charge in [0.15, 0.2) is 0 Å². The highest BCUT2D eigenvalue weighted by Crippen LogP contribution is 2.53. The molecule has 0 amide bonds. The number of benzene rings is 14. The number of para-hydroxylation sites is 4. The Kier molecular flexibility index (Phi) is 11.5. The minimum Gasteiger partial charge on any atom is -0.458 e. The molecule has 18 aromatic rings. The van der Waals surface area contributed by atoms with Gasteiger partial charge in [0.2, 0.25) is 0 Å². The van der Waals surface area contributed by atoms with Crippen molar-refractivity contribution in [3.63, 3.8) is 0 Å². The fourth-order valence-electron chi connectivity index (χ4n) is 15.2. The zero-order chi connectivity index (χ0) is 61.7. The van der Waals surface area contributed by atoms with Gasteiger partial charge >= 0.3 is 0 Å². The number of anilines is 6. The van der Waals surface area contributed by atoms with E-state index in [1.807, 2.05) is 53.0 Å². The molecule has 9 heteroatoms. The van der Waals surface area contributed by atoms with Crippen molar-refractivity contribution in [1.82, 2.24) is 0 Å². The van der Waals surface area contributed by atoms with E-state index in [0.29, 0.717) is 5.56 Å². The summed E-state index contributed by atoms with van der Waals surface area (Å²) in [6, 6.07) is 107. The van der Waals surface area contributed by atoms with Crippen LogP contribution in [0.25, 0.3) is 129 Å². The topological polar surface area (TPSA) is 65.8 Å². The van der Waals surface area contributed by atoms with Crippen LogP contribution < -0.4 is 30.9 Å². The quantitative estimate of drug-likeness (QED) is 0.141. The predicted molar refractivity (Wildman–Crippen MR) is 394 cm³/mol. The molecule has 6 nitrogen and oxygen atoms in total. The average Bonchev–Trinajstić information content (AvgIpc) is 0.895. The molecule has 6 heterocycles. The predicted octanol–water partition coefficient (Wildman–Crippen LogP) is 22.6. The van der Waals surface area contributed by atoms with Crippen LogP contribution in [0.3, 0.4) is 0 Å². The smallest absolute Gasteiger partial charge is 0.256 e. The third-order valence-electron chi connectivity index (χ3n) is 19.3. The third-order valence-corrected chi connectivity index (χ3v) is 21.6. The van der Waals surface area contributed by atoms with Gasteiger partial charge in [-0.05, 0) is 153 Å². The molecule has 2 aliphatic heterocycles. The fraction of sp³-hybridized carbons (Fsp3) is 0. The Morgan fingerprint density at radius 1 is 0.362 bits per heavy atom. The molecule has 94 heavy (non-hydrogen) atoms. The Balaban J connectivity index is 0.856. The van der Waals surface area contributed by atoms with Gasteiger partial charge in [-0.2, -0.15) is 5.26 Å². The molecular weight excluding hydrogens is 1190 g/mol. The molecule has 0 spiro atoms. The summed E-state index contributed by atoms with van der Waals surface area (Å²) in [6.45, 7) is -0.263. The molecule has 14 aromatic carbocycles. The van der Waals surface area contributed by atoms with Gasteiger partial charge in [-0.15, -0.1) is 22.7 Å².